The van der Waals surface area contributed by atoms with Gasteiger partial charge in [-0.15, -0.1) is 0 Å². The normalized spacial score (nSPS) is 16.1. The van der Waals surface area contributed by atoms with Crippen LogP contribution < -0.4 is 14.2 Å². The van der Waals surface area contributed by atoms with Gasteiger partial charge in [-0.1, -0.05) is 12.1 Å². The van der Waals surface area contributed by atoms with Crippen molar-refractivity contribution in [3.05, 3.63) is 53.6 Å². The monoisotopic (exact) mass is 369 g/mol. The molecule has 0 bridgehead atoms. The standard InChI is InChI=1S/C21H23NO5/c1-25-16-9-10-20(26-2)17(12-16)18-7-5-11-22(18)21(24)14-27-19-8-4-3-6-15(19)13-23/h3-4,6,8-10,12-13,18H,5,7,11,14H2,1-2H3/t18-/m1/s1. The summed E-state index contributed by atoms with van der Waals surface area (Å²) in [6.07, 6.45) is 2.47. The van der Waals surface area contributed by atoms with Gasteiger partial charge in [-0.3, -0.25) is 9.59 Å². The predicted molar refractivity (Wildman–Crippen MR) is 101 cm³/mol. The molecule has 1 amide bonds. The predicted octanol–water partition coefficient (Wildman–Crippen LogP) is 3.26. The van der Waals surface area contributed by atoms with Gasteiger partial charge in [0.15, 0.2) is 12.9 Å². The highest BCUT2D eigenvalue weighted by molar-refractivity contribution is 5.81. The topological polar surface area (TPSA) is 65.1 Å². The maximum absolute atomic E-state index is 12.8. The van der Waals surface area contributed by atoms with Gasteiger partial charge in [0.05, 0.1) is 25.8 Å². The van der Waals surface area contributed by atoms with E-state index in [1.807, 2.05) is 18.2 Å². The quantitative estimate of drug-likeness (QED) is 0.701. The van der Waals surface area contributed by atoms with Gasteiger partial charge in [-0.05, 0) is 43.2 Å². The number of likely N-dealkylation sites (tertiary alicyclic amines) is 1. The molecule has 0 unspecified atom stereocenters. The van der Waals surface area contributed by atoms with E-state index in [4.69, 9.17) is 14.2 Å². The Morgan fingerprint density at radius 1 is 1.15 bits per heavy atom. The minimum Gasteiger partial charge on any atom is -0.497 e. The summed E-state index contributed by atoms with van der Waals surface area (Å²) in [5, 5.41) is 0. The number of carbonyl (C=O) groups excluding carboxylic acids is 2. The molecule has 2 aromatic carbocycles. The molecule has 1 saturated heterocycles. The third-order valence-electron chi connectivity index (χ3n) is 4.77. The summed E-state index contributed by atoms with van der Waals surface area (Å²) >= 11 is 0. The first-order chi connectivity index (χ1) is 13.2. The Labute approximate surface area is 158 Å². The molecular formula is C21H23NO5. The Hall–Kier alpha value is -3.02. The number of carbonyl (C=O) groups is 2. The number of rotatable bonds is 7. The van der Waals surface area contributed by atoms with Gasteiger partial charge in [0, 0.05) is 12.1 Å². The van der Waals surface area contributed by atoms with Crippen LogP contribution in [0.25, 0.3) is 0 Å². The van der Waals surface area contributed by atoms with Gasteiger partial charge in [-0.2, -0.15) is 0 Å². The maximum Gasteiger partial charge on any atom is 0.261 e. The Kier molecular flexibility index (Phi) is 5.96. The van der Waals surface area contributed by atoms with E-state index in [2.05, 4.69) is 0 Å². The van der Waals surface area contributed by atoms with Gasteiger partial charge in [0.1, 0.15) is 17.2 Å². The summed E-state index contributed by atoms with van der Waals surface area (Å²) in [6, 6.07) is 12.4. The molecule has 0 spiro atoms. The Balaban J connectivity index is 1.76. The number of aldehydes is 1. The van der Waals surface area contributed by atoms with Crippen LogP contribution in [0.5, 0.6) is 17.2 Å². The molecular weight excluding hydrogens is 346 g/mol. The lowest BCUT2D eigenvalue weighted by molar-refractivity contribution is -0.134. The van der Waals surface area contributed by atoms with E-state index < -0.39 is 0 Å². The molecule has 0 aromatic heterocycles. The maximum atomic E-state index is 12.8. The molecule has 3 rings (SSSR count). The summed E-state index contributed by atoms with van der Waals surface area (Å²) in [6.45, 7) is 0.538. The van der Waals surface area contributed by atoms with Crippen LogP contribution in [0.4, 0.5) is 0 Å². The van der Waals surface area contributed by atoms with Crippen LogP contribution in [0.1, 0.15) is 34.8 Å². The van der Waals surface area contributed by atoms with Gasteiger partial charge >= 0.3 is 0 Å². The second kappa shape index (κ2) is 8.58. The first-order valence-electron chi connectivity index (χ1n) is 8.86. The highest BCUT2D eigenvalue weighted by Crippen LogP contribution is 2.39. The summed E-state index contributed by atoms with van der Waals surface area (Å²) in [7, 11) is 3.23. The third-order valence-corrected chi connectivity index (χ3v) is 4.77. The van der Waals surface area contributed by atoms with E-state index in [0.717, 1.165) is 36.2 Å². The van der Waals surface area contributed by atoms with E-state index in [9.17, 15) is 9.59 Å². The Morgan fingerprint density at radius 3 is 2.70 bits per heavy atom. The smallest absolute Gasteiger partial charge is 0.261 e. The molecule has 2 aromatic rings. The zero-order valence-electron chi connectivity index (χ0n) is 15.5. The van der Waals surface area contributed by atoms with Crippen molar-refractivity contribution in [2.75, 3.05) is 27.4 Å². The number of hydrogen-bond acceptors (Lipinski definition) is 5. The summed E-state index contributed by atoms with van der Waals surface area (Å²) in [4.78, 5) is 25.7. The van der Waals surface area contributed by atoms with Crippen molar-refractivity contribution in [3.8, 4) is 17.2 Å². The molecule has 142 valence electrons. The van der Waals surface area contributed by atoms with Crippen molar-refractivity contribution in [1.29, 1.82) is 0 Å². The van der Waals surface area contributed by atoms with Crippen molar-refractivity contribution in [2.24, 2.45) is 0 Å². The van der Waals surface area contributed by atoms with E-state index >= 15 is 0 Å². The van der Waals surface area contributed by atoms with Gasteiger partial charge in [-0.25, -0.2) is 0 Å². The van der Waals surface area contributed by atoms with Crippen molar-refractivity contribution in [2.45, 2.75) is 18.9 Å². The van der Waals surface area contributed by atoms with Crippen LogP contribution in [0.15, 0.2) is 42.5 Å². The highest BCUT2D eigenvalue weighted by atomic mass is 16.5. The van der Waals surface area contributed by atoms with E-state index in [0.29, 0.717) is 17.9 Å². The molecule has 6 heteroatoms. The van der Waals surface area contributed by atoms with Crippen molar-refractivity contribution >= 4 is 12.2 Å². The van der Waals surface area contributed by atoms with E-state index in [1.165, 1.54) is 0 Å². The van der Waals surface area contributed by atoms with Gasteiger partial charge < -0.3 is 19.1 Å². The van der Waals surface area contributed by atoms with Crippen molar-refractivity contribution in [1.82, 2.24) is 4.90 Å². The fourth-order valence-electron chi connectivity index (χ4n) is 3.42. The van der Waals surface area contributed by atoms with Gasteiger partial charge in [0.2, 0.25) is 0 Å². The van der Waals surface area contributed by atoms with Crippen LogP contribution >= 0.6 is 0 Å². The lowest BCUT2D eigenvalue weighted by Crippen LogP contribution is -2.34. The number of nitrogens with zero attached hydrogens (tertiary/aromatic N) is 1. The number of hydrogen-bond donors (Lipinski definition) is 0. The van der Waals surface area contributed by atoms with Crippen molar-refractivity contribution in [3.63, 3.8) is 0 Å². The molecule has 27 heavy (non-hydrogen) atoms. The minimum atomic E-state index is -0.122. The zero-order valence-corrected chi connectivity index (χ0v) is 15.5. The van der Waals surface area contributed by atoms with Crippen LogP contribution in [0.3, 0.4) is 0 Å². The third kappa shape index (κ3) is 4.05. The molecule has 0 saturated carbocycles. The molecule has 1 atom stereocenters. The molecule has 0 N–H and O–H groups in total. The molecule has 1 heterocycles. The van der Waals surface area contributed by atoms with Gasteiger partial charge in [0.25, 0.3) is 5.91 Å². The fourth-order valence-corrected chi connectivity index (χ4v) is 3.42. The number of benzene rings is 2. The molecule has 1 fully saturated rings. The second-order valence-corrected chi connectivity index (χ2v) is 6.30. The minimum absolute atomic E-state index is 0.0903. The first-order valence-corrected chi connectivity index (χ1v) is 8.86. The van der Waals surface area contributed by atoms with Crippen LogP contribution in [-0.2, 0) is 4.79 Å². The van der Waals surface area contributed by atoms with E-state index in [1.54, 1.807) is 43.4 Å². The molecule has 1 aliphatic rings. The van der Waals surface area contributed by atoms with Crippen molar-refractivity contribution < 1.29 is 23.8 Å². The Morgan fingerprint density at radius 2 is 1.96 bits per heavy atom. The number of ether oxygens (including phenoxy) is 3. The SMILES string of the molecule is COc1ccc(OC)c([C@H]2CCCN2C(=O)COc2ccccc2C=O)c1. The number of methoxy groups -OCH3 is 2. The molecule has 1 aliphatic heterocycles. The number of para-hydroxylation sites is 1. The average Bonchev–Trinajstić information content (AvgIpc) is 3.21. The summed E-state index contributed by atoms with van der Waals surface area (Å²) in [5.74, 6) is 1.74. The average molecular weight is 369 g/mol. The molecule has 6 nitrogen and oxygen atoms in total. The van der Waals surface area contributed by atoms with Crippen LogP contribution in [0.2, 0.25) is 0 Å². The molecule has 0 radical (unpaired) electrons. The number of amides is 1. The van der Waals surface area contributed by atoms with Crippen LogP contribution in [0, 0.1) is 0 Å². The largest absolute Gasteiger partial charge is 0.497 e. The van der Waals surface area contributed by atoms with E-state index in [-0.39, 0.29) is 18.6 Å². The second-order valence-electron chi connectivity index (χ2n) is 6.30. The highest BCUT2D eigenvalue weighted by Gasteiger charge is 2.32. The zero-order chi connectivity index (χ0) is 19.2. The van der Waals surface area contributed by atoms with Crippen LogP contribution in [-0.4, -0.2) is 44.5 Å². The lowest BCUT2D eigenvalue weighted by atomic mass is 10.0. The fraction of sp³-hybridized carbons (Fsp3) is 0.333. The molecule has 0 aliphatic carbocycles. The summed E-state index contributed by atoms with van der Waals surface area (Å²) < 4.78 is 16.4. The Bertz CT molecular complexity index is 820. The summed E-state index contributed by atoms with van der Waals surface area (Å²) in [5.41, 5.74) is 1.36. The first kappa shape index (κ1) is 18.8. The lowest BCUT2D eigenvalue weighted by Gasteiger charge is -2.26.